The lowest BCUT2D eigenvalue weighted by Gasteiger charge is -2.12. The van der Waals surface area contributed by atoms with Crippen molar-refractivity contribution in [2.45, 2.75) is 18.3 Å². The molecule has 0 saturated carbocycles. The predicted molar refractivity (Wildman–Crippen MR) is 51.6 cm³/mol. The van der Waals surface area contributed by atoms with Crippen LogP contribution < -0.4 is 0 Å². The Morgan fingerprint density at radius 3 is 2.85 bits per heavy atom. The largest absolute Gasteiger partial charge is 0.294 e. The molecule has 0 aliphatic carbocycles. The van der Waals surface area contributed by atoms with Crippen LogP contribution in [-0.4, -0.2) is 33.3 Å². The number of rotatable bonds is 2. The first-order valence-corrected chi connectivity index (χ1v) is 4.90. The van der Waals surface area contributed by atoms with Crippen molar-refractivity contribution in [2.24, 2.45) is 0 Å². The number of hydrogen-bond acceptors (Lipinski definition) is 3. The van der Waals surface area contributed by atoms with Gasteiger partial charge in [-0.05, 0) is 12.5 Å². The molecule has 3 nitrogen and oxygen atoms in total. The summed E-state index contributed by atoms with van der Waals surface area (Å²) in [6.45, 7) is 2.84. The van der Waals surface area contributed by atoms with Crippen LogP contribution in [0.25, 0.3) is 0 Å². The molecule has 13 heavy (non-hydrogen) atoms. The third kappa shape index (κ3) is 2.39. The lowest BCUT2D eigenvalue weighted by atomic mass is 10.4. The van der Waals surface area contributed by atoms with Gasteiger partial charge in [0.2, 0.25) is 0 Å². The van der Waals surface area contributed by atoms with Crippen molar-refractivity contribution < 1.29 is 0 Å². The standard InChI is InChI=1S/C9H12ClN3/c10-8-2-5-13(6-8)7-9-11-3-1-4-12-9/h1,3-4,8H,2,5-7H2. The molecule has 0 aromatic carbocycles. The SMILES string of the molecule is ClC1CCN(Cc2ncccn2)C1. The summed E-state index contributed by atoms with van der Waals surface area (Å²) in [5, 5.41) is 0.309. The molecule has 1 fully saturated rings. The Kier molecular flexibility index (Phi) is 2.76. The molecule has 1 aliphatic rings. The zero-order valence-corrected chi connectivity index (χ0v) is 8.11. The Hall–Kier alpha value is -0.670. The van der Waals surface area contributed by atoms with Crippen molar-refractivity contribution in [1.29, 1.82) is 0 Å². The van der Waals surface area contributed by atoms with E-state index in [1.165, 1.54) is 0 Å². The first-order chi connectivity index (χ1) is 6.34. The maximum atomic E-state index is 5.99. The summed E-state index contributed by atoms with van der Waals surface area (Å²) >= 11 is 5.99. The lowest BCUT2D eigenvalue weighted by molar-refractivity contribution is 0.323. The Balaban J connectivity index is 1.92. The minimum atomic E-state index is 0.309. The van der Waals surface area contributed by atoms with Gasteiger partial charge < -0.3 is 0 Å². The highest BCUT2D eigenvalue weighted by Gasteiger charge is 2.20. The van der Waals surface area contributed by atoms with Gasteiger partial charge in [-0.3, -0.25) is 4.90 Å². The van der Waals surface area contributed by atoms with E-state index in [-0.39, 0.29) is 0 Å². The number of nitrogens with zero attached hydrogens (tertiary/aromatic N) is 3. The molecule has 0 N–H and O–H groups in total. The monoisotopic (exact) mass is 197 g/mol. The van der Waals surface area contributed by atoms with E-state index >= 15 is 0 Å². The highest BCUT2D eigenvalue weighted by atomic mass is 35.5. The van der Waals surface area contributed by atoms with Gasteiger partial charge in [0.05, 0.1) is 6.54 Å². The molecule has 0 radical (unpaired) electrons. The van der Waals surface area contributed by atoms with E-state index in [1.807, 2.05) is 6.07 Å². The van der Waals surface area contributed by atoms with Gasteiger partial charge in [-0.1, -0.05) is 0 Å². The van der Waals surface area contributed by atoms with E-state index in [2.05, 4.69) is 14.9 Å². The second-order valence-electron chi connectivity index (χ2n) is 3.29. The fourth-order valence-electron chi connectivity index (χ4n) is 1.54. The van der Waals surface area contributed by atoms with Crippen molar-refractivity contribution in [3.05, 3.63) is 24.3 Å². The average molecular weight is 198 g/mol. The fourth-order valence-corrected chi connectivity index (χ4v) is 1.83. The smallest absolute Gasteiger partial charge is 0.142 e. The molecule has 1 aromatic heterocycles. The quantitative estimate of drug-likeness (QED) is 0.670. The van der Waals surface area contributed by atoms with Crippen molar-refractivity contribution in [2.75, 3.05) is 13.1 Å². The Morgan fingerprint density at radius 2 is 2.23 bits per heavy atom. The van der Waals surface area contributed by atoms with Gasteiger partial charge in [0.1, 0.15) is 5.82 Å². The molecular formula is C9H12ClN3. The Labute approximate surface area is 82.8 Å². The molecule has 2 rings (SSSR count). The van der Waals surface area contributed by atoms with Gasteiger partial charge in [-0.25, -0.2) is 9.97 Å². The third-order valence-electron chi connectivity index (χ3n) is 2.20. The summed E-state index contributed by atoms with van der Waals surface area (Å²) in [6.07, 6.45) is 4.63. The topological polar surface area (TPSA) is 29.0 Å². The van der Waals surface area contributed by atoms with Crippen LogP contribution in [0.1, 0.15) is 12.2 Å². The molecule has 2 heterocycles. The van der Waals surface area contributed by atoms with Crippen LogP contribution >= 0.6 is 11.6 Å². The van der Waals surface area contributed by atoms with Crippen LogP contribution in [0.15, 0.2) is 18.5 Å². The van der Waals surface area contributed by atoms with Crippen molar-refractivity contribution in [3.63, 3.8) is 0 Å². The first kappa shape index (κ1) is 8.91. The van der Waals surface area contributed by atoms with E-state index in [4.69, 9.17) is 11.6 Å². The van der Waals surface area contributed by atoms with Gasteiger partial charge in [0, 0.05) is 30.9 Å². The second-order valence-corrected chi connectivity index (χ2v) is 3.90. The van der Waals surface area contributed by atoms with E-state index in [1.54, 1.807) is 12.4 Å². The van der Waals surface area contributed by atoms with E-state index in [0.717, 1.165) is 31.9 Å². The number of aromatic nitrogens is 2. The fraction of sp³-hybridized carbons (Fsp3) is 0.556. The minimum absolute atomic E-state index is 0.309. The minimum Gasteiger partial charge on any atom is -0.294 e. The molecule has 0 spiro atoms. The van der Waals surface area contributed by atoms with Crippen LogP contribution in [0.5, 0.6) is 0 Å². The summed E-state index contributed by atoms with van der Waals surface area (Å²) in [7, 11) is 0. The molecule has 4 heteroatoms. The molecule has 1 aromatic rings. The van der Waals surface area contributed by atoms with E-state index in [9.17, 15) is 0 Å². The Bertz CT molecular complexity index is 265. The van der Waals surface area contributed by atoms with Crippen LogP contribution in [0.4, 0.5) is 0 Å². The van der Waals surface area contributed by atoms with Gasteiger partial charge in [0.25, 0.3) is 0 Å². The molecule has 1 aliphatic heterocycles. The van der Waals surface area contributed by atoms with Crippen LogP contribution in [0.3, 0.4) is 0 Å². The maximum absolute atomic E-state index is 5.99. The zero-order valence-electron chi connectivity index (χ0n) is 7.36. The molecule has 1 unspecified atom stereocenters. The second kappa shape index (κ2) is 4.03. The maximum Gasteiger partial charge on any atom is 0.142 e. The number of halogens is 1. The highest BCUT2D eigenvalue weighted by Crippen LogP contribution is 2.15. The molecule has 1 saturated heterocycles. The van der Waals surface area contributed by atoms with Crippen LogP contribution in [0.2, 0.25) is 0 Å². The summed E-state index contributed by atoms with van der Waals surface area (Å²) < 4.78 is 0. The summed E-state index contributed by atoms with van der Waals surface area (Å²) in [5.41, 5.74) is 0. The van der Waals surface area contributed by atoms with Crippen molar-refractivity contribution in [3.8, 4) is 0 Å². The van der Waals surface area contributed by atoms with E-state index < -0.39 is 0 Å². The molecule has 70 valence electrons. The molecule has 0 amide bonds. The van der Waals surface area contributed by atoms with E-state index in [0.29, 0.717) is 5.38 Å². The average Bonchev–Trinajstić information content (AvgIpc) is 2.53. The summed E-state index contributed by atoms with van der Waals surface area (Å²) in [4.78, 5) is 10.6. The predicted octanol–water partition coefficient (Wildman–Crippen LogP) is 1.29. The first-order valence-electron chi connectivity index (χ1n) is 4.47. The third-order valence-corrected chi connectivity index (χ3v) is 2.56. The number of hydrogen-bond donors (Lipinski definition) is 0. The lowest BCUT2D eigenvalue weighted by Crippen LogP contribution is -2.21. The summed E-state index contributed by atoms with van der Waals surface area (Å²) in [5.74, 6) is 0.883. The normalized spacial score (nSPS) is 23.6. The van der Waals surface area contributed by atoms with Gasteiger partial charge >= 0.3 is 0 Å². The molecule has 0 bridgehead atoms. The van der Waals surface area contributed by atoms with Gasteiger partial charge in [-0.15, -0.1) is 11.6 Å². The highest BCUT2D eigenvalue weighted by molar-refractivity contribution is 6.20. The van der Waals surface area contributed by atoms with Gasteiger partial charge in [0.15, 0.2) is 0 Å². The van der Waals surface area contributed by atoms with Gasteiger partial charge in [-0.2, -0.15) is 0 Å². The zero-order chi connectivity index (χ0) is 9.10. The Morgan fingerprint density at radius 1 is 1.46 bits per heavy atom. The van der Waals surface area contributed by atoms with Crippen LogP contribution in [0, 0.1) is 0 Å². The van der Waals surface area contributed by atoms with Crippen molar-refractivity contribution >= 4 is 11.6 Å². The summed E-state index contributed by atoms with van der Waals surface area (Å²) in [6, 6.07) is 1.83. The van der Waals surface area contributed by atoms with Crippen molar-refractivity contribution in [1.82, 2.24) is 14.9 Å². The molecule has 1 atom stereocenters. The van der Waals surface area contributed by atoms with Crippen LogP contribution in [-0.2, 0) is 6.54 Å². The number of likely N-dealkylation sites (tertiary alicyclic amines) is 1. The number of alkyl halides is 1. The molecular weight excluding hydrogens is 186 g/mol.